The normalized spacial score (nSPS) is 28.1. The molecule has 0 unspecified atom stereocenters. The lowest BCUT2D eigenvalue weighted by atomic mass is 9.66. The Balaban J connectivity index is 2.38. The van der Waals surface area contributed by atoms with E-state index in [1.54, 1.807) is 0 Å². The maximum Gasteiger partial charge on any atom is 0.333 e. The number of methoxy groups -OCH3 is 1. The zero-order valence-electron chi connectivity index (χ0n) is 14.1. The van der Waals surface area contributed by atoms with Crippen LogP contribution in [0.1, 0.15) is 47.0 Å². The molecule has 22 heavy (non-hydrogen) atoms. The molecule has 4 nitrogen and oxygen atoms in total. The van der Waals surface area contributed by atoms with Gasteiger partial charge in [-0.15, -0.1) is 0 Å². The van der Waals surface area contributed by atoms with E-state index in [0.29, 0.717) is 18.3 Å². The SMILES string of the molecule is COC(=O)C1=C[C@@H]2C(=C(C)[C@@H](OC(C)=O)C[C@H]2C(C)C)CC1. The Bertz CT molecular complexity index is 527. The van der Waals surface area contributed by atoms with Crippen molar-refractivity contribution in [3.63, 3.8) is 0 Å². The molecular weight excluding hydrogens is 280 g/mol. The van der Waals surface area contributed by atoms with Gasteiger partial charge in [-0.1, -0.05) is 25.5 Å². The molecular formula is C18H26O4. The van der Waals surface area contributed by atoms with Gasteiger partial charge < -0.3 is 9.47 Å². The van der Waals surface area contributed by atoms with Crippen molar-refractivity contribution in [2.24, 2.45) is 17.8 Å². The van der Waals surface area contributed by atoms with Crippen LogP contribution in [-0.2, 0) is 19.1 Å². The molecule has 4 heteroatoms. The fourth-order valence-electron chi connectivity index (χ4n) is 3.78. The number of carbonyl (C=O) groups excluding carboxylic acids is 2. The molecule has 0 heterocycles. The van der Waals surface area contributed by atoms with Crippen LogP contribution in [0.2, 0.25) is 0 Å². The molecule has 2 aliphatic rings. The lowest BCUT2D eigenvalue weighted by molar-refractivity contribution is -0.146. The standard InChI is InChI=1S/C18H26O4/c1-10(2)15-9-17(22-12(4)19)11(3)14-7-6-13(8-16(14)15)18(20)21-5/h8,10,15-17H,6-7,9H2,1-5H3/t15-,16+,17-/m0/s1. The molecule has 0 fully saturated rings. The summed E-state index contributed by atoms with van der Waals surface area (Å²) in [5.41, 5.74) is 3.28. The number of ether oxygens (including phenoxy) is 2. The van der Waals surface area contributed by atoms with Crippen LogP contribution >= 0.6 is 0 Å². The number of rotatable bonds is 3. The first-order chi connectivity index (χ1) is 10.3. The first kappa shape index (κ1) is 16.8. The lowest BCUT2D eigenvalue weighted by Gasteiger charge is -2.41. The van der Waals surface area contributed by atoms with Crippen molar-refractivity contribution in [1.82, 2.24) is 0 Å². The molecule has 0 aliphatic heterocycles. The maximum atomic E-state index is 11.8. The van der Waals surface area contributed by atoms with Crippen LogP contribution in [0, 0.1) is 17.8 Å². The van der Waals surface area contributed by atoms with Crippen molar-refractivity contribution < 1.29 is 19.1 Å². The monoisotopic (exact) mass is 306 g/mol. The predicted molar refractivity (Wildman–Crippen MR) is 84.0 cm³/mol. The minimum absolute atomic E-state index is 0.121. The second-order valence-corrected chi connectivity index (χ2v) is 6.66. The van der Waals surface area contributed by atoms with Crippen LogP contribution in [0.3, 0.4) is 0 Å². The molecule has 0 bridgehead atoms. The number of hydrogen-bond acceptors (Lipinski definition) is 4. The van der Waals surface area contributed by atoms with E-state index in [4.69, 9.17) is 9.47 Å². The summed E-state index contributed by atoms with van der Waals surface area (Å²) in [6.45, 7) is 7.90. The Morgan fingerprint density at radius 2 is 1.95 bits per heavy atom. The van der Waals surface area contributed by atoms with Crippen molar-refractivity contribution in [3.8, 4) is 0 Å². The summed E-state index contributed by atoms with van der Waals surface area (Å²) >= 11 is 0. The van der Waals surface area contributed by atoms with E-state index in [1.807, 2.05) is 0 Å². The molecule has 0 aromatic rings. The summed E-state index contributed by atoms with van der Waals surface area (Å²) in [4.78, 5) is 23.2. The minimum Gasteiger partial charge on any atom is -0.466 e. The van der Waals surface area contributed by atoms with Crippen LogP contribution in [0.5, 0.6) is 0 Å². The van der Waals surface area contributed by atoms with Crippen molar-refractivity contribution in [3.05, 3.63) is 22.8 Å². The van der Waals surface area contributed by atoms with Crippen LogP contribution < -0.4 is 0 Å². The molecule has 0 aromatic heterocycles. The van der Waals surface area contributed by atoms with Crippen LogP contribution in [-0.4, -0.2) is 25.2 Å². The Labute approximate surface area is 132 Å². The second-order valence-electron chi connectivity index (χ2n) is 6.66. The largest absolute Gasteiger partial charge is 0.466 e. The first-order valence-corrected chi connectivity index (χ1v) is 8.00. The van der Waals surface area contributed by atoms with Gasteiger partial charge in [0, 0.05) is 18.4 Å². The zero-order valence-corrected chi connectivity index (χ0v) is 14.1. The number of allylic oxidation sites excluding steroid dienone is 2. The highest BCUT2D eigenvalue weighted by Gasteiger charge is 2.39. The first-order valence-electron chi connectivity index (χ1n) is 8.00. The minimum atomic E-state index is -0.229. The third kappa shape index (κ3) is 3.26. The van der Waals surface area contributed by atoms with Crippen LogP contribution in [0.4, 0.5) is 0 Å². The van der Waals surface area contributed by atoms with Gasteiger partial charge in [-0.3, -0.25) is 4.79 Å². The summed E-state index contributed by atoms with van der Waals surface area (Å²) < 4.78 is 10.4. The van der Waals surface area contributed by atoms with Crippen molar-refractivity contribution in [1.29, 1.82) is 0 Å². The molecule has 0 saturated carbocycles. The molecule has 2 rings (SSSR count). The summed E-state index contributed by atoms with van der Waals surface area (Å²) in [5, 5.41) is 0. The smallest absolute Gasteiger partial charge is 0.333 e. The van der Waals surface area contributed by atoms with Gasteiger partial charge in [0.2, 0.25) is 0 Å². The number of esters is 2. The number of carbonyl (C=O) groups is 2. The molecule has 0 spiro atoms. The maximum absolute atomic E-state index is 11.8. The van der Waals surface area contributed by atoms with E-state index >= 15 is 0 Å². The highest BCUT2D eigenvalue weighted by Crippen LogP contribution is 2.45. The zero-order chi connectivity index (χ0) is 16.4. The van der Waals surface area contributed by atoms with Gasteiger partial charge in [0.05, 0.1) is 7.11 Å². The molecule has 0 N–H and O–H groups in total. The third-order valence-electron chi connectivity index (χ3n) is 5.00. The molecule has 0 saturated heterocycles. The third-order valence-corrected chi connectivity index (χ3v) is 5.00. The Kier molecular flexibility index (Phi) is 5.09. The van der Waals surface area contributed by atoms with Crippen LogP contribution in [0.15, 0.2) is 22.8 Å². The topological polar surface area (TPSA) is 52.6 Å². The predicted octanol–water partition coefficient (Wildman–Crippen LogP) is 3.42. The van der Waals surface area contributed by atoms with E-state index in [1.165, 1.54) is 19.6 Å². The summed E-state index contributed by atoms with van der Waals surface area (Å²) in [6.07, 6.45) is 4.33. The summed E-state index contributed by atoms with van der Waals surface area (Å²) in [5.74, 6) is 0.644. The molecule has 0 amide bonds. The fourth-order valence-corrected chi connectivity index (χ4v) is 3.78. The average molecular weight is 306 g/mol. The molecule has 122 valence electrons. The van der Waals surface area contributed by atoms with Gasteiger partial charge in [-0.2, -0.15) is 0 Å². The molecule has 2 aliphatic carbocycles. The number of hydrogen-bond donors (Lipinski definition) is 0. The Morgan fingerprint density at radius 1 is 1.27 bits per heavy atom. The quantitative estimate of drug-likeness (QED) is 0.592. The Hall–Kier alpha value is -1.58. The van der Waals surface area contributed by atoms with Gasteiger partial charge in [-0.05, 0) is 43.6 Å². The highest BCUT2D eigenvalue weighted by atomic mass is 16.5. The second kappa shape index (κ2) is 6.67. The van der Waals surface area contributed by atoms with E-state index in [-0.39, 0.29) is 24.0 Å². The lowest BCUT2D eigenvalue weighted by Crippen LogP contribution is -2.36. The average Bonchev–Trinajstić information content (AvgIpc) is 2.48. The van der Waals surface area contributed by atoms with Crippen molar-refractivity contribution in [2.45, 2.75) is 53.1 Å². The van der Waals surface area contributed by atoms with Gasteiger partial charge in [0.1, 0.15) is 6.10 Å². The van der Waals surface area contributed by atoms with Gasteiger partial charge in [-0.25, -0.2) is 4.79 Å². The Morgan fingerprint density at radius 3 is 2.50 bits per heavy atom. The molecule has 0 aromatic carbocycles. The van der Waals surface area contributed by atoms with Gasteiger partial charge in [0.25, 0.3) is 0 Å². The highest BCUT2D eigenvalue weighted by molar-refractivity contribution is 5.88. The molecule has 0 radical (unpaired) electrons. The molecule has 3 atom stereocenters. The summed E-state index contributed by atoms with van der Waals surface area (Å²) in [6, 6.07) is 0. The fraction of sp³-hybridized carbons (Fsp3) is 0.667. The summed E-state index contributed by atoms with van der Waals surface area (Å²) in [7, 11) is 1.43. The van der Waals surface area contributed by atoms with Crippen LogP contribution in [0.25, 0.3) is 0 Å². The van der Waals surface area contributed by atoms with E-state index in [2.05, 4.69) is 26.8 Å². The number of fused-ring (bicyclic) bond motifs is 1. The van der Waals surface area contributed by atoms with E-state index < -0.39 is 0 Å². The van der Waals surface area contributed by atoms with Crippen molar-refractivity contribution in [2.75, 3.05) is 7.11 Å². The van der Waals surface area contributed by atoms with Crippen molar-refractivity contribution >= 4 is 11.9 Å². The van der Waals surface area contributed by atoms with E-state index in [9.17, 15) is 9.59 Å². The van der Waals surface area contributed by atoms with E-state index in [0.717, 1.165) is 24.0 Å². The van der Waals surface area contributed by atoms with Gasteiger partial charge >= 0.3 is 11.9 Å². The van der Waals surface area contributed by atoms with Gasteiger partial charge in [0.15, 0.2) is 0 Å².